The summed E-state index contributed by atoms with van der Waals surface area (Å²) in [6.07, 6.45) is 1.57. The van der Waals surface area contributed by atoms with Crippen LogP contribution in [0.5, 0.6) is 0 Å². The van der Waals surface area contributed by atoms with Gasteiger partial charge in [-0.2, -0.15) is 5.10 Å². The molecule has 2 aromatic rings. The van der Waals surface area contributed by atoms with E-state index in [1.54, 1.807) is 4.68 Å². The lowest BCUT2D eigenvalue weighted by molar-refractivity contribution is 0.421. The van der Waals surface area contributed by atoms with Gasteiger partial charge in [-0.05, 0) is 13.0 Å². The van der Waals surface area contributed by atoms with Gasteiger partial charge in [-0.3, -0.25) is 16.0 Å². The van der Waals surface area contributed by atoms with Crippen LogP contribution in [0.3, 0.4) is 0 Å². The molecule has 1 aromatic carbocycles. The molecule has 0 saturated heterocycles. The Morgan fingerprint density at radius 2 is 2.05 bits per heavy atom. The number of nitrogens with two attached hydrogens (primary N) is 1. The highest BCUT2D eigenvalue weighted by molar-refractivity contribution is 5.24. The summed E-state index contributed by atoms with van der Waals surface area (Å²) < 4.78 is 41.6. The number of aromatic nitrogens is 3. The predicted octanol–water partition coefficient (Wildman–Crippen LogP) is 1.46. The van der Waals surface area contributed by atoms with E-state index in [1.165, 1.54) is 6.33 Å². The summed E-state index contributed by atoms with van der Waals surface area (Å²) in [5.41, 5.74) is 2.33. The van der Waals surface area contributed by atoms with Crippen molar-refractivity contribution in [2.24, 2.45) is 5.84 Å². The number of benzene rings is 1. The highest BCUT2D eigenvalue weighted by atomic mass is 19.2. The van der Waals surface area contributed by atoms with Gasteiger partial charge in [0.05, 0.1) is 6.04 Å². The molecule has 0 radical (unpaired) electrons. The molecule has 2 rings (SSSR count). The van der Waals surface area contributed by atoms with Crippen molar-refractivity contribution in [3.63, 3.8) is 0 Å². The summed E-state index contributed by atoms with van der Waals surface area (Å²) in [7, 11) is 0. The lowest BCUT2D eigenvalue weighted by Gasteiger charge is -2.17. The van der Waals surface area contributed by atoms with E-state index < -0.39 is 23.5 Å². The summed E-state index contributed by atoms with van der Waals surface area (Å²) in [5, 5.41) is 3.98. The Morgan fingerprint density at radius 1 is 1.30 bits per heavy atom. The summed E-state index contributed by atoms with van der Waals surface area (Å²) >= 11 is 0. The third-order valence-electron chi connectivity index (χ3n) is 3.02. The second-order valence-corrected chi connectivity index (χ2v) is 4.18. The quantitative estimate of drug-likeness (QED) is 0.496. The van der Waals surface area contributed by atoms with E-state index in [4.69, 9.17) is 5.84 Å². The molecule has 0 bridgehead atoms. The molecule has 0 aliphatic heterocycles. The SMILES string of the molecule is CCn1ncnc1CC(NN)c1ccc(F)c(F)c1F. The zero-order valence-electron chi connectivity index (χ0n) is 10.8. The topological polar surface area (TPSA) is 68.8 Å². The maximum Gasteiger partial charge on any atom is 0.194 e. The van der Waals surface area contributed by atoms with Crippen molar-refractivity contribution in [3.05, 3.63) is 47.3 Å². The molecule has 0 fully saturated rings. The average Bonchev–Trinajstić information content (AvgIpc) is 2.90. The van der Waals surface area contributed by atoms with Crippen LogP contribution < -0.4 is 11.3 Å². The second-order valence-electron chi connectivity index (χ2n) is 4.18. The van der Waals surface area contributed by atoms with Crippen molar-refractivity contribution >= 4 is 0 Å². The van der Waals surface area contributed by atoms with Crippen LogP contribution in [0, 0.1) is 17.5 Å². The Bertz CT molecular complexity index is 599. The molecule has 1 heterocycles. The Kier molecular flexibility index (Phi) is 4.35. The highest BCUT2D eigenvalue weighted by Crippen LogP contribution is 2.23. The van der Waals surface area contributed by atoms with Crippen molar-refractivity contribution < 1.29 is 13.2 Å². The lowest BCUT2D eigenvalue weighted by atomic mass is 10.0. The zero-order valence-corrected chi connectivity index (χ0v) is 10.8. The molecular formula is C12H14F3N5. The van der Waals surface area contributed by atoms with Crippen LogP contribution in [0.1, 0.15) is 24.4 Å². The van der Waals surface area contributed by atoms with Crippen LogP contribution in [0.25, 0.3) is 0 Å². The van der Waals surface area contributed by atoms with E-state index in [2.05, 4.69) is 15.5 Å². The fourth-order valence-corrected chi connectivity index (χ4v) is 1.96. The first kappa shape index (κ1) is 14.5. The molecule has 0 amide bonds. The van der Waals surface area contributed by atoms with Crippen LogP contribution in [0.2, 0.25) is 0 Å². The molecule has 0 aliphatic carbocycles. The minimum Gasteiger partial charge on any atom is -0.271 e. The van der Waals surface area contributed by atoms with E-state index in [9.17, 15) is 13.2 Å². The molecule has 20 heavy (non-hydrogen) atoms. The number of nitrogens with one attached hydrogen (secondary N) is 1. The molecule has 1 atom stereocenters. The standard InChI is InChI=1S/C12H14F3N5/c1-2-20-10(17-6-18-20)5-9(19-16)7-3-4-8(13)12(15)11(7)14/h3-4,6,9,19H,2,5,16H2,1H3. The molecule has 1 aromatic heterocycles. The first-order chi connectivity index (χ1) is 9.58. The van der Waals surface area contributed by atoms with Crippen molar-refractivity contribution in [1.82, 2.24) is 20.2 Å². The van der Waals surface area contributed by atoms with Gasteiger partial charge >= 0.3 is 0 Å². The normalized spacial score (nSPS) is 12.7. The Hall–Kier alpha value is -1.93. The van der Waals surface area contributed by atoms with E-state index in [-0.39, 0.29) is 12.0 Å². The second kappa shape index (κ2) is 6.02. The Balaban J connectivity index is 2.31. The largest absolute Gasteiger partial charge is 0.271 e. The van der Waals surface area contributed by atoms with E-state index in [0.29, 0.717) is 12.4 Å². The highest BCUT2D eigenvalue weighted by Gasteiger charge is 2.22. The van der Waals surface area contributed by atoms with Crippen LogP contribution >= 0.6 is 0 Å². The van der Waals surface area contributed by atoms with E-state index in [1.807, 2.05) is 6.92 Å². The minimum absolute atomic E-state index is 0.0583. The zero-order chi connectivity index (χ0) is 14.7. The van der Waals surface area contributed by atoms with Crippen molar-refractivity contribution in [2.45, 2.75) is 25.9 Å². The summed E-state index contributed by atoms with van der Waals surface area (Å²) in [6.45, 7) is 2.47. The summed E-state index contributed by atoms with van der Waals surface area (Å²) in [6, 6.07) is 1.28. The number of aryl methyl sites for hydroxylation is 1. The predicted molar refractivity (Wildman–Crippen MR) is 65.8 cm³/mol. The van der Waals surface area contributed by atoms with Gasteiger partial charge in [-0.25, -0.2) is 18.2 Å². The smallest absolute Gasteiger partial charge is 0.194 e. The molecule has 8 heteroatoms. The number of rotatable bonds is 5. The van der Waals surface area contributed by atoms with Gasteiger partial charge in [-0.15, -0.1) is 0 Å². The van der Waals surface area contributed by atoms with Gasteiger partial charge in [0.1, 0.15) is 12.2 Å². The minimum atomic E-state index is -1.51. The lowest BCUT2D eigenvalue weighted by Crippen LogP contribution is -2.31. The maximum atomic E-state index is 13.8. The first-order valence-corrected chi connectivity index (χ1v) is 6.04. The third kappa shape index (κ3) is 2.66. The third-order valence-corrected chi connectivity index (χ3v) is 3.02. The molecule has 0 aliphatic rings. The van der Waals surface area contributed by atoms with Gasteiger partial charge in [0, 0.05) is 18.5 Å². The van der Waals surface area contributed by atoms with Gasteiger partial charge < -0.3 is 0 Å². The molecule has 3 N–H and O–H groups in total. The van der Waals surface area contributed by atoms with Crippen LogP contribution in [0.15, 0.2) is 18.5 Å². The van der Waals surface area contributed by atoms with Crippen LogP contribution in [-0.2, 0) is 13.0 Å². The number of hydrazine groups is 1. The number of halogens is 3. The van der Waals surface area contributed by atoms with Gasteiger partial charge in [0.2, 0.25) is 0 Å². The molecule has 5 nitrogen and oxygen atoms in total. The van der Waals surface area contributed by atoms with Crippen molar-refractivity contribution in [2.75, 3.05) is 0 Å². The van der Waals surface area contributed by atoms with Gasteiger partial charge in [0.15, 0.2) is 17.5 Å². The summed E-state index contributed by atoms with van der Waals surface area (Å²) in [5.74, 6) is 1.94. The van der Waals surface area contributed by atoms with Gasteiger partial charge in [0.25, 0.3) is 0 Å². The van der Waals surface area contributed by atoms with E-state index >= 15 is 0 Å². The maximum absolute atomic E-state index is 13.8. The average molecular weight is 285 g/mol. The van der Waals surface area contributed by atoms with E-state index in [0.717, 1.165) is 12.1 Å². The molecule has 0 spiro atoms. The van der Waals surface area contributed by atoms with Crippen LogP contribution in [0.4, 0.5) is 13.2 Å². The monoisotopic (exact) mass is 285 g/mol. The fraction of sp³-hybridized carbons (Fsp3) is 0.333. The fourth-order valence-electron chi connectivity index (χ4n) is 1.96. The van der Waals surface area contributed by atoms with Crippen LogP contribution in [-0.4, -0.2) is 14.8 Å². The molecule has 108 valence electrons. The number of hydrogen-bond acceptors (Lipinski definition) is 4. The van der Waals surface area contributed by atoms with Crippen molar-refractivity contribution in [1.29, 1.82) is 0 Å². The number of hydrogen-bond donors (Lipinski definition) is 2. The Morgan fingerprint density at radius 3 is 2.70 bits per heavy atom. The van der Waals surface area contributed by atoms with Crippen molar-refractivity contribution in [3.8, 4) is 0 Å². The van der Waals surface area contributed by atoms with Gasteiger partial charge in [-0.1, -0.05) is 6.07 Å². The molecular weight excluding hydrogens is 271 g/mol. The summed E-state index contributed by atoms with van der Waals surface area (Å²) in [4.78, 5) is 4.04. The first-order valence-electron chi connectivity index (χ1n) is 6.04. The molecule has 0 saturated carbocycles. The number of nitrogens with zero attached hydrogens (tertiary/aromatic N) is 3. The molecule has 1 unspecified atom stereocenters. The Labute approximate surface area is 113 Å².